The van der Waals surface area contributed by atoms with E-state index in [4.69, 9.17) is 11.6 Å². The predicted octanol–water partition coefficient (Wildman–Crippen LogP) is 4.50. The van der Waals surface area contributed by atoms with Crippen LogP contribution in [0.15, 0.2) is 66.0 Å². The van der Waals surface area contributed by atoms with Gasteiger partial charge in [0.25, 0.3) is 0 Å². The Bertz CT molecular complexity index is 941. The lowest BCUT2D eigenvalue weighted by molar-refractivity contribution is 0.602. The summed E-state index contributed by atoms with van der Waals surface area (Å²) in [5, 5.41) is 0.514. The number of hydrogen-bond acceptors (Lipinski definition) is 4. The molecule has 0 saturated carbocycles. The third kappa shape index (κ3) is 3.80. The average Bonchev–Trinajstić information content (AvgIpc) is 2.55. The van der Waals surface area contributed by atoms with Gasteiger partial charge in [0.05, 0.1) is 15.6 Å². The molecule has 6 heteroatoms. The maximum absolute atomic E-state index is 11.6. The fourth-order valence-corrected chi connectivity index (χ4v) is 3.06. The summed E-state index contributed by atoms with van der Waals surface area (Å²) in [7, 11) is -3.22. The summed E-state index contributed by atoms with van der Waals surface area (Å²) in [6.45, 7) is 0. The molecule has 0 radical (unpaired) electrons. The molecule has 24 heavy (non-hydrogen) atoms. The Hall–Kier alpha value is -2.24. The highest BCUT2D eigenvalue weighted by atomic mass is 35.5. The van der Waals surface area contributed by atoms with E-state index in [0.29, 0.717) is 5.02 Å². The van der Waals surface area contributed by atoms with Gasteiger partial charge in [-0.3, -0.25) is 9.97 Å². The normalized spacial score (nSPS) is 10.9. The molecule has 2 aromatic heterocycles. The number of hydrogen-bond donors (Lipinski definition) is 0. The molecule has 3 aromatic rings. The van der Waals surface area contributed by atoms with Crippen molar-refractivity contribution in [2.45, 2.75) is 12.3 Å². The second-order valence-electron chi connectivity index (χ2n) is 5.09. The summed E-state index contributed by atoms with van der Waals surface area (Å²) in [5.41, 5.74) is 3.28. The van der Waals surface area contributed by atoms with E-state index in [1.165, 1.54) is 6.26 Å². The number of sulfone groups is 1. The number of benzene rings is 1. The Labute approximate surface area is 147 Å². The summed E-state index contributed by atoms with van der Waals surface area (Å²) in [5.74, 6) is 0. The molecule has 1 aromatic carbocycles. The predicted molar refractivity (Wildman–Crippen MR) is 97.8 cm³/mol. The molecule has 0 N–H and O–H groups in total. The van der Waals surface area contributed by atoms with Gasteiger partial charge in [0.2, 0.25) is 0 Å². The molecule has 0 atom stereocenters. The van der Waals surface area contributed by atoms with E-state index >= 15 is 0 Å². The van der Waals surface area contributed by atoms with Crippen LogP contribution in [0, 0.1) is 0 Å². The molecule has 3 rings (SSSR count). The minimum atomic E-state index is -3.22. The Morgan fingerprint density at radius 1 is 1.00 bits per heavy atom. The summed E-state index contributed by atoms with van der Waals surface area (Å²) < 4.78 is 23.2. The van der Waals surface area contributed by atoms with E-state index in [1.54, 1.807) is 42.9 Å². The van der Waals surface area contributed by atoms with Gasteiger partial charge in [0.1, 0.15) is 0 Å². The maximum atomic E-state index is 11.6. The van der Waals surface area contributed by atoms with Crippen molar-refractivity contribution < 1.29 is 8.42 Å². The van der Waals surface area contributed by atoms with Crippen LogP contribution in [0.4, 0.5) is 0 Å². The first-order chi connectivity index (χ1) is 10.9. The van der Waals surface area contributed by atoms with Crippen molar-refractivity contribution in [3.8, 4) is 22.4 Å². The standard InChI is InChI=1S/C17H13ClN2O2S.CH4/c1-23(21,22)15-6-4-12(5-7-15)16-9-14(18)11-20-17(16)13-3-2-8-19-10-13;/h2-11H,1H3;1H4. The largest absolute Gasteiger partial charge is 0.264 e. The van der Waals surface area contributed by atoms with Crippen molar-refractivity contribution in [1.82, 2.24) is 9.97 Å². The van der Waals surface area contributed by atoms with Crippen LogP contribution in [0.3, 0.4) is 0 Å². The van der Waals surface area contributed by atoms with Gasteiger partial charge in [-0.25, -0.2) is 8.42 Å². The molecule has 0 unspecified atom stereocenters. The van der Waals surface area contributed by atoms with Crippen molar-refractivity contribution >= 4 is 21.4 Å². The zero-order chi connectivity index (χ0) is 16.4. The first-order valence-corrected chi connectivity index (χ1v) is 9.08. The number of halogens is 1. The number of nitrogens with zero attached hydrogens (tertiary/aromatic N) is 2. The first kappa shape index (κ1) is 18.1. The lowest BCUT2D eigenvalue weighted by Crippen LogP contribution is -1.96. The molecule has 2 heterocycles. The number of aromatic nitrogens is 2. The van der Waals surface area contributed by atoms with E-state index in [0.717, 1.165) is 22.4 Å². The summed E-state index contributed by atoms with van der Waals surface area (Å²) in [4.78, 5) is 8.80. The van der Waals surface area contributed by atoms with E-state index in [9.17, 15) is 8.42 Å². The van der Waals surface area contributed by atoms with Crippen LogP contribution >= 0.6 is 11.6 Å². The summed E-state index contributed by atoms with van der Waals surface area (Å²) in [6.07, 6.45) is 6.19. The van der Waals surface area contributed by atoms with Gasteiger partial charge in [-0.15, -0.1) is 0 Å². The molecule has 0 aliphatic heterocycles. The zero-order valence-electron chi connectivity index (χ0n) is 12.3. The van der Waals surface area contributed by atoms with E-state index in [1.807, 2.05) is 18.2 Å². The van der Waals surface area contributed by atoms with Crippen molar-refractivity contribution in [3.63, 3.8) is 0 Å². The molecule has 4 nitrogen and oxygen atoms in total. The first-order valence-electron chi connectivity index (χ1n) is 6.81. The quantitative estimate of drug-likeness (QED) is 0.689. The highest BCUT2D eigenvalue weighted by Crippen LogP contribution is 2.32. The van der Waals surface area contributed by atoms with Gasteiger partial charge < -0.3 is 0 Å². The molecule has 0 bridgehead atoms. The fourth-order valence-electron chi connectivity index (χ4n) is 2.27. The van der Waals surface area contributed by atoms with Crippen LogP contribution in [-0.2, 0) is 9.84 Å². The van der Waals surface area contributed by atoms with Crippen LogP contribution in [0.1, 0.15) is 7.43 Å². The van der Waals surface area contributed by atoms with Crippen LogP contribution in [-0.4, -0.2) is 24.6 Å². The molecular weight excluding hydrogens is 344 g/mol. The summed E-state index contributed by atoms with van der Waals surface area (Å²) in [6, 6.07) is 12.2. The van der Waals surface area contributed by atoms with Crippen molar-refractivity contribution in [2.75, 3.05) is 6.26 Å². The lowest BCUT2D eigenvalue weighted by Gasteiger charge is -2.10. The molecule has 0 aliphatic rings. The van der Waals surface area contributed by atoms with Gasteiger partial charge in [0, 0.05) is 36.0 Å². The van der Waals surface area contributed by atoms with E-state index in [-0.39, 0.29) is 12.3 Å². The molecular formula is C18H17ClN2O2S. The molecule has 0 spiro atoms. The van der Waals surface area contributed by atoms with Crippen molar-refractivity contribution in [1.29, 1.82) is 0 Å². The second-order valence-corrected chi connectivity index (χ2v) is 7.54. The Morgan fingerprint density at radius 3 is 2.29 bits per heavy atom. The Kier molecular flexibility index (Phi) is 5.36. The SMILES string of the molecule is C.CS(=O)(=O)c1ccc(-c2cc(Cl)cnc2-c2cccnc2)cc1. The smallest absolute Gasteiger partial charge is 0.175 e. The highest BCUT2D eigenvalue weighted by Gasteiger charge is 2.12. The lowest BCUT2D eigenvalue weighted by atomic mass is 10.0. The van der Waals surface area contributed by atoms with Gasteiger partial charge in [-0.05, 0) is 35.9 Å². The topological polar surface area (TPSA) is 59.9 Å². The van der Waals surface area contributed by atoms with Gasteiger partial charge in [0.15, 0.2) is 9.84 Å². The molecule has 0 fully saturated rings. The highest BCUT2D eigenvalue weighted by molar-refractivity contribution is 7.90. The molecule has 0 amide bonds. The maximum Gasteiger partial charge on any atom is 0.175 e. The minimum Gasteiger partial charge on any atom is -0.264 e. The van der Waals surface area contributed by atoms with Gasteiger partial charge >= 0.3 is 0 Å². The fraction of sp³-hybridized carbons (Fsp3) is 0.111. The number of pyridine rings is 2. The number of rotatable bonds is 3. The van der Waals surface area contributed by atoms with Crippen LogP contribution in [0.25, 0.3) is 22.4 Å². The average molecular weight is 361 g/mol. The van der Waals surface area contributed by atoms with E-state index < -0.39 is 9.84 Å². The second kappa shape index (κ2) is 7.11. The van der Waals surface area contributed by atoms with E-state index in [2.05, 4.69) is 9.97 Å². The Balaban J connectivity index is 0.00000208. The van der Waals surface area contributed by atoms with Crippen LogP contribution in [0.2, 0.25) is 5.02 Å². The molecule has 124 valence electrons. The monoisotopic (exact) mass is 360 g/mol. The third-order valence-corrected chi connectivity index (χ3v) is 4.72. The van der Waals surface area contributed by atoms with Crippen LogP contribution < -0.4 is 0 Å². The molecule has 0 saturated heterocycles. The Morgan fingerprint density at radius 2 is 1.71 bits per heavy atom. The third-order valence-electron chi connectivity index (χ3n) is 3.38. The van der Waals surface area contributed by atoms with Crippen molar-refractivity contribution in [3.05, 3.63) is 66.1 Å². The zero-order valence-corrected chi connectivity index (χ0v) is 13.8. The van der Waals surface area contributed by atoms with Gasteiger partial charge in [-0.2, -0.15) is 0 Å². The summed E-state index contributed by atoms with van der Waals surface area (Å²) >= 11 is 6.08. The minimum absolute atomic E-state index is 0. The van der Waals surface area contributed by atoms with Crippen LogP contribution in [0.5, 0.6) is 0 Å². The molecule has 0 aliphatic carbocycles. The van der Waals surface area contributed by atoms with Gasteiger partial charge in [-0.1, -0.05) is 31.2 Å². The van der Waals surface area contributed by atoms with Crippen molar-refractivity contribution in [2.24, 2.45) is 0 Å².